The highest BCUT2D eigenvalue weighted by molar-refractivity contribution is 5.66. The van der Waals surface area contributed by atoms with Crippen molar-refractivity contribution in [2.45, 2.75) is 116 Å². The number of aliphatic hydroxyl groups is 1. The van der Waals surface area contributed by atoms with E-state index in [2.05, 4.69) is 33.0 Å². The predicted octanol–water partition coefficient (Wildman–Crippen LogP) is 4.91. The molecule has 0 unspecified atom stereocenters. The van der Waals surface area contributed by atoms with E-state index in [0.717, 1.165) is 43.6 Å². The van der Waals surface area contributed by atoms with E-state index in [9.17, 15) is 9.90 Å². The van der Waals surface area contributed by atoms with Gasteiger partial charge in [-0.05, 0) is 104 Å². The fourth-order valence-electron chi connectivity index (χ4n) is 10.9. The molecule has 0 aromatic carbocycles. The maximum absolute atomic E-state index is 12.0. The van der Waals surface area contributed by atoms with Crippen molar-refractivity contribution >= 4 is 5.97 Å². The normalized spacial score (nSPS) is 58.5. The van der Waals surface area contributed by atoms with Crippen molar-refractivity contribution in [2.75, 3.05) is 6.54 Å². The van der Waals surface area contributed by atoms with Crippen LogP contribution in [0.4, 0.5) is 0 Å². The molecular formula is C29H47NO4. The molecule has 2 saturated heterocycles. The first-order valence-corrected chi connectivity index (χ1v) is 14.4. The van der Waals surface area contributed by atoms with Gasteiger partial charge in [0.15, 0.2) is 5.72 Å². The molecule has 2 aliphatic heterocycles. The zero-order chi connectivity index (χ0) is 24.0. The van der Waals surface area contributed by atoms with Gasteiger partial charge in [0.2, 0.25) is 0 Å². The summed E-state index contributed by atoms with van der Waals surface area (Å²) in [5.41, 5.74) is 0.190. The van der Waals surface area contributed by atoms with Crippen LogP contribution in [-0.2, 0) is 14.3 Å². The quantitative estimate of drug-likeness (QED) is 0.530. The first kappa shape index (κ1) is 23.7. The lowest BCUT2D eigenvalue weighted by Gasteiger charge is -2.61. The van der Waals surface area contributed by atoms with Crippen LogP contribution < -0.4 is 5.32 Å². The monoisotopic (exact) mass is 473 g/mol. The Morgan fingerprint density at radius 1 is 1.00 bits per heavy atom. The highest BCUT2D eigenvalue weighted by atomic mass is 16.6. The number of carbonyl (C=O) groups is 1. The summed E-state index contributed by atoms with van der Waals surface area (Å²) in [6, 6.07) is 0. The standard InChI is InChI=1S/C29H47NO4/c1-16-12-25(33-18(3)31)29(30-15-16)17(2)26-24(34-29)14-23-21-7-6-19-13-20(32)8-10-27(19,4)22(21)9-11-28(23,26)5/h16-17,19-26,30,32H,6-15H2,1-5H3/t16-,17+,19+,20+,21-,22+,23+,24+,25+,26+,27+,28+,29-/m1/s1. The summed E-state index contributed by atoms with van der Waals surface area (Å²) in [6.45, 7) is 12.2. The van der Waals surface area contributed by atoms with E-state index in [1.54, 1.807) is 0 Å². The van der Waals surface area contributed by atoms with Crippen LogP contribution in [0.2, 0.25) is 0 Å². The maximum Gasteiger partial charge on any atom is 0.303 e. The smallest absolute Gasteiger partial charge is 0.303 e. The fraction of sp³-hybridized carbons (Fsp3) is 0.966. The molecule has 5 heteroatoms. The number of fused-ring (bicyclic) bond motifs is 7. The fourth-order valence-corrected chi connectivity index (χ4v) is 10.9. The number of nitrogens with one attached hydrogen (secondary N) is 1. The molecule has 34 heavy (non-hydrogen) atoms. The number of hydrogen-bond donors (Lipinski definition) is 2. The van der Waals surface area contributed by atoms with Gasteiger partial charge >= 0.3 is 5.97 Å². The molecule has 0 aromatic heterocycles. The molecule has 0 aromatic rings. The van der Waals surface area contributed by atoms with E-state index in [1.165, 1.54) is 45.4 Å². The molecule has 4 saturated carbocycles. The first-order valence-electron chi connectivity index (χ1n) is 14.4. The molecule has 0 radical (unpaired) electrons. The number of aliphatic hydroxyl groups excluding tert-OH is 1. The topological polar surface area (TPSA) is 67.8 Å². The molecule has 0 bridgehead atoms. The zero-order valence-electron chi connectivity index (χ0n) is 22.0. The Labute approximate surface area is 206 Å². The summed E-state index contributed by atoms with van der Waals surface area (Å²) in [5.74, 6) is 4.20. The van der Waals surface area contributed by atoms with Gasteiger partial charge in [0, 0.05) is 19.4 Å². The summed E-state index contributed by atoms with van der Waals surface area (Å²) in [6.07, 6.45) is 10.5. The van der Waals surface area contributed by atoms with E-state index >= 15 is 0 Å². The minimum Gasteiger partial charge on any atom is -0.458 e. The Morgan fingerprint density at radius 2 is 1.76 bits per heavy atom. The molecule has 2 N–H and O–H groups in total. The lowest BCUT2D eigenvalue weighted by Crippen LogP contribution is -2.65. The molecule has 4 aliphatic carbocycles. The summed E-state index contributed by atoms with van der Waals surface area (Å²) in [4.78, 5) is 12.0. The summed E-state index contributed by atoms with van der Waals surface area (Å²) >= 11 is 0. The number of carbonyl (C=O) groups excluding carboxylic acids is 1. The lowest BCUT2D eigenvalue weighted by atomic mass is 9.44. The van der Waals surface area contributed by atoms with Crippen molar-refractivity contribution in [1.29, 1.82) is 0 Å². The van der Waals surface area contributed by atoms with Crippen molar-refractivity contribution in [3.8, 4) is 0 Å². The van der Waals surface area contributed by atoms with Gasteiger partial charge < -0.3 is 14.6 Å². The Hall–Kier alpha value is -0.650. The molecule has 1 spiro atoms. The van der Waals surface area contributed by atoms with Crippen LogP contribution in [0.5, 0.6) is 0 Å². The molecular weight excluding hydrogens is 426 g/mol. The van der Waals surface area contributed by atoms with E-state index in [4.69, 9.17) is 9.47 Å². The van der Waals surface area contributed by atoms with Gasteiger partial charge in [0.1, 0.15) is 6.10 Å². The molecule has 6 aliphatic rings. The van der Waals surface area contributed by atoms with Crippen molar-refractivity contribution in [1.82, 2.24) is 5.32 Å². The predicted molar refractivity (Wildman–Crippen MR) is 131 cm³/mol. The SMILES string of the molecule is CC(=O)O[C@H]1C[C@@H](C)CN[C@]12O[C@H]1C[C@H]3[C@@H]4CC[C@H]5C[C@@H](O)CC[C@]5(C)[C@H]4CC[C@]3(C)[C@H]1[C@@H]2C. The highest BCUT2D eigenvalue weighted by Gasteiger charge is 2.70. The number of piperidine rings is 1. The number of ether oxygens (including phenoxy) is 2. The number of esters is 1. The number of hydrogen-bond acceptors (Lipinski definition) is 5. The average Bonchev–Trinajstić information content (AvgIpc) is 3.22. The van der Waals surface area contributed by atoms with E-state index in [0.29, 0.717) is 34.5 Å². The number of rotatable bonds is 1. The molecule has 0 amide bonds. The van der Waals surface area contributed by atoms with E-state index < -0.39 is 5.72 Å². The Balaban J connectivity index is 1.27. The minimum absolute atomic E-state index is 0.0735. The zero-order valence-corrected chi connectivity index (χ0v) is 22.0. The summed E-state index contributed by atoms with van der Waals surface area (Å²) < 4.78 is 13.0. The molecule has 6 fully saturated rings. The average molecular weight is 474 g/mol. The Kier molecular flexibility index (Phi) is 5.53. The van der Waals surface area contributed by atoms with Crippen molar-refractivity contribution in [3.63, 3.8) is 0 Å². The van der Waals surface area contributed by atoms with Gasteiger partial charge in [0.05, 0.1) is 12.2 Å². The summed E-state index contributed by atoms with van der Waals surface area (Å²) in [5, 5.41) is 14.1. The van der Waals surface area contributed by atoms with Crippen LogP contribution in [0.1, 0.15) is 92.4 Å². The van der Waals surface area contributed by atoms with Gasteiger partial charge in [0.25, 0.3) is 0 Å². The van der Waals surface area contributed by atoms with Gasteiger partial charge in [-0.3, -0.25) is 10.1 Å². The largest absolute Gasteiger partial charge is 0.458 e. The second-order valence-corrected chi connectivity index (χ2v) is 13.9. The second kappa shape index (κ2) is 7.92. The van der Waals surface area contributed by atoms with Crippen LogP contribution in [0.25, 0.3) is 0 Å². The minimum atomic E-state index is -0.526. The van der Waals surface area contributed by atoms with Gasteiger partial charge in [-0.1, -0.05) is 27.7 Å². The van der Waals surface area contributed by atoms with Gasteiger partial charge in [-0.25, -0.2) is 0 Å². The Bertz CT molecular complexity index is 833. The molecule has 2 heterocycles. The van der Waals surface area contributed by atoms with Gasteiger partial charge in [-0.2, -0.15) is 0 Å². The maximum atomic E-state index is 12.0. The van der Waals surface area contributed by atoms with Crippen molar-refractivity contribution in [2.24, 2.45) is 52.3 Å². The van der Waals surface area contributed by atoms with Crippen molar-refractivity contribution in [3.05, 3.63) is 0 Å². The molecule has 192 valence electrons. The third kappa shape index (κ3) is 3.18. The highest BCUT2D eigenvalue weighted by Crippen LogP contribution is 2.71. The Morgan fingerprint density at radius 3 is 2.53 bits per heavy atom. The third-order valence-electron chi connectivity index (χ3n) is 12.4. The first-order chi connectivity index (χ1) is 16.1. The third-order valence-corrected chi connectivity index (χ3v) is 12.4. The van der Waals surface area contributed by atoms with Crippen molar-refractivity contribution < 1.29 is 19.4 Å². The van der Waals surface area contributed by atoms with Gasteiger partial charge in [-0.15, -0.1) is 0 Å². The molecule has 13 atom stereocenters. The molecule has 6 rings (SSSR count). The van der Waals surface area contributed by atoms with Crippen LogP contribution in [-0.4, -0.2) is 41.7 Å². The van der Waals surface area contributed by atoms with E-state index in [1.807, 2.05) is 0 Å². The van der Waals surface area contributed by atoms with Crippen LogP contribution in [0.3, 0.4) is 0 Å². The molecule has 5 nitrogen and oxygen atoms in total. The van der Waals surface area contributed by atoms with Crippen LogP contribution in [0, 0.1) is 52.3 Å². The van der Waals surface area contributed by atoms with Crippen LogP contribution >= 0.6 is 0 Å². The van der Waals surface area contributed by atoms with E-state index in [-0.39, 0.29) is 24.3 Å². The second-order valence-electron chi connectivity index (χ2n) is 13.9. The summed E-state index contributed by atoms with van der Waals surface area (Å²) in [7, 11) is 0. The lowest BCUT2D eigenvalue weighted by molar-refractivity contribution is -0.201. The van der Waals surface area contributed by atoms with Crippen LogP contribution in [0.15, 0.2) is 0 Å².